The fourth-order valence-corrected chi connectivity index (χ4v) is 3.58. The van der Waals surface area contributed by atoms with Crippen LogP contribution >= 0.6 is 11.3 Å². The molecule has 3 rings (SSSR count). The van der Waals surface area contributed by atoms with E-state index in [0.717, 1.165) is 21.5 Å². The Bertz CT molecular complexity index is 867. The van der Waals surface area contributed by atoms with Gasteiger partial charge in [-0.3, -0.25) is 0 Å². The molecule has 3 aromatic rings. The van der Waals surface area contributed by atoms with Crippen molar-refractivity contribution in [2.45, 2.75) is 19.6 Å². The average Bonchev–Trinajstić information content (AvgIpc) is 2.91. The summed E-state index contributed by atoms with van der Waals surface area (Å²) in [6.07, 6.45) is -0.641. The third-order valence-corrected chi connectivity index (χ3v) is 4.75. The number of alkyl halides is 3. The zero-order valence-electron chi connectivity index (χ0n) is 13.0. The molecule has 0 saturated heterocycles. The quantitative estimate of drug-likeness (QED) is 0.631. The van der Waals surface area contributed by atoms with Crippen LogP contribution in [0, 0.1) is 0 Å². The van der Waals surface area contributed by atoms with Gasteiger partial charge in [0.2, 0.25) is 5.52 Å². The zero-order chi connectivity index (χ0) is 17.2. The van der Waals surface area contributed by atoms with Crippen LogP contribution in [0.25, 0.3) is 16.3 Å². The molecule has 0 unspecified atom stereocenters. The summed E-state index contributed by atoms with van der Waals surface area (Å²) in [6, 6.07) is 13.6. The lowest BCUT2D eigenvalue weighted by molar-refractivity contribution is -0.665. The highest BCUT2D eigenvalue weighted by Gasteiger charge is 2.32. The van der Waals surface area contributed by atoms with Crippen LogP contribution < -0.4 is 9.88 Å². The van der Waals surface area contributed by atoms with Crippen LogP contribution in [0.15, 0.2) is 54.7 Å². The number of anilines is 1. The van der Waals surface area contributed by atoms with E-state index in [1.54, 1.807) is 6.20 Å². The van der Waals surface area contributed by atoms with Crippen molar-refractivity contribution in [1.82, 2.24) is 0 Å². The van der Waals surface area contributed by atoms with Crippen LogP contribution in [0.3, 0.4) is 0 Å². The lowest BCUT2D eigenvalue weighted by Gasteiger charge is -2.04. The lowest BCUT2D eigenvalue weighted by Crippen LogP contribution is -2.33. The maximum atomic E-state index is 12.9. The first kappa shape index (κ1) is 16.5. The molecule has 0 aliphatic rings. The van der Waals surface area contributed by atoms with Gasteiger partial charge in [0.15, 0.2) is 0 Å². The van der Waals surface area contributed by atoms with E-state index < -0.39 is 11.7 Å². The topological polar surface area (TPSA) is 15.9 Å². The van der Waals surface area contributed by atoms with Gasteiger partial charge in [0.05, 0.1) is 5.56 Å². The Morgan fingerprint density at radius 3 is 2.54 bits per heavy atom. The number of halogens is 3. The fraction of sp³-hybridized carbons (Fsp3) is 0.167. The summed E-state index contributed by atoms with van der Waals surface area (Å²) in [5.41, 5.74) is 0.946. The maximum absolute atomic E-state index is 12.9. The number of hydrogen-bond acceptors (Lipinski definition) is 2. The van der Waals surface area contributed by atoms with Crippen molar-refractivity contribution in [3.05, 3.63) is 65.3 Å². The highest BCUT2D eigenvalue weighted by molar-refractivity contribution is 7.18. The molecule has 0 saturated carbocycles. The van der Waals surface area contributed by atoms with Crippen LogP contribution in [0.4, 0.5) is 18.9 Å². The molecule has 0 bridgehead atoms. The molecule has 0 radical (unpaired) electrons. The van der Waals surface area contributed by atoms with Crippen molar-refractivity contribution in [2.75, 3.05) is 5.32 Å². The molecule has 0 aliphatic heterocycles. The highest BCUT2D eigenvalue weighted by atomic mass is 32.1. The molecule has 0 fully saturated rings. The van der Waals surface area contributed by atoms with Gasteiger partial charge in [-0.2, -0.15) is 17.7 Å². The van der Waals surface area contributed by atoms with Gasteiger partial charge in [0.25, 0.3) is 5.01 Å². The molecule has 1 aromatic heterocycles. The van der Waals surface area contributed by atoms with Gasteiger partial charge < -0.3 is 5.32 Å². The van der Waals surface area contributed by atoms with E-state index in [1.807, 2.05) is 47.9 Å². The monoisotopic (exact) mass is 349 g/mol. The predicted octanol–water partition coefficient (Wildman–Crippen LogP) is 5.31. The van der Waals surface area contributed by atoms with Gasteiger partial charge >= 0.3 is 6.18 Å². The summed E-state index contributed by atoms with van der Waals surface area (Å²) < 4.78 is 41.5. The Morgan fingerprint density at radius 2 is 1.88 bits per heavy atom. The van der Waals surface area contributed by atoms with Crippen molar-refractivity contribution >= 4 is 33.3 Å². The normalized spacial score (nSPS) is 12.2. The van der Waals surface area contributed by atoms with Gasteiger partial charge in [-0.05, 0) is 31.2 Å². The molecule has 0 atom stereocenters. The number of benzene rings is 2. The fourth-order valence-electron chi connectivity index (χ4n) is 2.47. The molecule has 24 heavy (non-hydrogen) atoms. The number of para-hydroxylation sites is 1. The van der Waals surface area contributed by atoms with E-state index in [2.05, 4.69) is 5.32 Å². The molecule has 2 aromatic carbocycles. The van der Waals surface area contributed by atoms with Crippen molar-refractivity contribution in [3.63, 3.8) is 0 Å². The molecule has 0 spiro atoms. The van der Waals surface area contributed by atoms with E-state index in [9.17, 15) is 13.2 Å². The minimum atomic E-state index is -4.33. The summed E-state index contributed by atoms with van der Waals surface area (Å²) in [7, 11) is 0. The molecule has 2 nitrogen and oxygen atoms in total. The third kappa shape index (κ3) is 3.43. The maximum Gasteiger partial charge on any atom is 0.416 e. The number of nitrogens with one attached hydrogen (secondary N) is 1. The summed E-state index contributed by atoms with van der Waals surface area (Å²) >= 11 is 1.47. The second-order valence-corrected chi connectivity index (χ2v) is 6.27. The summed E-state index contributed by atoms with van der Waals surface area (Å²) in [4.78, 5) is 0. The molecular weight excluding hydrogens is 333 g/mol. The van der Waals surface area contributed by atoms with Crippen LogP contribution in [0.2, 0.25) is 0 Å². The minimum absolute atomic E-state index is 0.603. The van der Waals surface area contributed by atoms with E-state index in [0.29, 0.717) is 12.1 Å². The van der Waals surface area contributed by atoms with Gasteiger partial charge in [0, 0.05) is 24.0 Å². The Morgan fingerprint density at radius 1 is 1.12 bits per heavy atom. The Balaban J connectivity index is 1.93. The first-order valence-corrected chi connectivity index (χ1v) is 8.32. The SMILES string of the molecule is CC[n+]1c(/C=C/Nc2ccccc2)sc2ccc(C(F)(F)F)cc21. The molecule has 6 heteroatoms. The van der Waals surface area contributed by atoms with Crippen molar-refractivity contribution in [2.24, 2.45) is 0 Å². The van der Waals surface area contributed by atoms with Crippen LogP contribution in [0.5, 0.6) is 0 Å². The van der Waals surface area contributed by atoms with Gasteiger partial charge in [-0.25, -0.2) is 0 Å². The standard InChI is InChI=1S/C18H15F3N2S/c1-2-23-15-12-13(18(19,20)21)8-9-16(15)24-17(23)10-11-22-14-6-4-3-5-7-14/h3-12H,2H2,1H3/p+1. The Labute approximate surface area is 141 Å². The van der Waals surface area contributed by atoms with E-state index in [1.165, 1.54) is 23.5 Å². The van der Waals surface area contributed by atoms with Crippen LogP contribution in [-0.4, -0.2) is 0 Å². The molecular formula is C18H16F3N2S+. The summed E-state index contributed by atoms with van der Waals surface area (Å²) in [5, 5.41) is 4.06. The van der Waals surface area contributed by atoms with E-state index in [4.69, 9.17) is 0 Å². The molecule has 1 N–H and O–H groups in total. The number of rotatable bonds is 4. The average molecular weight is 349 g/mol. The first-order chi connectivity index (χ1) is 11.5. The van der Waals surface area contributed by atoms with Crippen molar-refractivity contribution in [3.8, 4) is 0 Å². The number of nitrogens with zero attached hydrogens (tertiary/aromatic N) is 1. The summed E-state index contributed by atoms with van der Waals surface area (Å²) in [5.74, 6) is 0. The summed E-state index contributed by atoms with van der Waals surface area (Å²) in [6.45, 7) is 2.53. The number of hydrogen-bond donors (Lipinski definition) is 1. The first-order valence-electron chi connectivity index (χ1n) is 7.51. The van der Waals surface area contributed by atoms with Gasteiger partial charge in [-0.15, -0.1) is 0 Å². The predicted molar refractivity (Wildman–Crippen MR) is 91.8 cm³/mol. The number of fused-ring (bicyclic) bond motifs is 1. The number of aryl methyl sites for hydroxylation is 1. The molecule has 124 valence electrons. The third-order valence-electron chi connectivity index (χ3n) is 3.62. The Hall–Kier alpha value is -2.34. The highest BCUT2D eigenvalue weighted by Crippen LogP contribution is 2.32. The van der Waals surface area contributed by atoms with Gasteiger partial charge in [-0.1, -0.05) is 29.5 Å². The second kappa shape index (κ2) is 6.65. The van der Waals surface area contributed by atoms with Crippen LogP contribution in [-0.2, 0) is 12.7 Å². The van der Waals surface area contributed by atoms with E-state index in [-0.39, 0.29) is 0 Å². The lowest BCUT2D eigenvalue weighted by atomic mass is 10.2. The van der Waals surface area contributed by atoms with Crippen molar-refractivity contribution in [1.29, 1.82) is 0 Å². The second-order valence-electron chi connectivity index (χ2n) is 5.21. The molecule has 0 aliphatic carbocycles. The van der Waals surface area contributed by atoms with Gasteiger partial charge in [0.1, 0.15) is 11.2 Å². The Kier molecular flexibility index (Phi) is 4.57. The molecule has 1 heterocycles. The number of thiazole rings is 1. The van der Waals surface area contributed by atoms with Crippen molar-refractivity contribution < 1.29 is 17.7 Å². The minimum Gasteiger partial charge on any atom is -0.361 e. The zero-order valence-corrected chi connectivity index (χ0v) is 13.8. The largest absolute Gasteiger partial charge is 0.416 e. The van der Waals surface area contributed by atoms with Crippen LogP contribution in [0.1, 0.15) is 17.5 Å². The smallest absolute Gasteiger partial charge is 0.361 e. The number of aromatic nitrogens is 1. The van der Waals surface area contributed by atoms with E-state index >= 15 is 0 Å². The molecule has 0 amide bonds.